The van der Waals surface area contributed by atoms with Gasteiger partial charge in [0.05, 0.1) is 10.7 Å². The van der Waals surface area contributed by atoms with Crippen molar-refractivity contribution in [1.82, 2.24) is 0 Å². The number of benzene rings is 1. The topological polar surface area (TPSA) is 39.4 Å². The standard InChI is InChI=1S/C10H7BrO3/c11-9-3-1-2-8-7(4-13-6-12)5-14-10(8)9/h1-3,5-6H,4H2. The molecule has 1 aromatic carbocycles. The Kier molecular flexibility index (Phi) is 2.54. The number of fused-ring (bicyclic) bond motifs is 1. The van der Waals surface area contributed by atoms with Gasteiger partial charge in [0.25, 0.3) is 6.47 Å². The quantitative estimate of drug-likeness (QED) is 0.791. The predicted molar refractivity (Wildman–Crippen MR) is 54.8 cm³/mol. The molecule has 1 aromatic heterocycles. The van der Waals surface area contributed by atoms with Crippen molar-refractivity contribution < 1.29 is 13.9 Å². The number of carbonyl (C=O) groups excluding carboxylic acids is 1. The summed E-state index contributed by atoms with van der Waals surface area (Å²) < 4.78 is 10.9. The Balaban J connectivity index is 2.47. The lowest BCUT2D eigenvalue weighted by Gasteiger charge is -1.95. The van der Waals surface area contributed by atoms with Crippen molar-refractivity contribution in [3.63, 3.8) is 0 Å². The van der Waals surface area contributed by atoms with Crippen molar-refractivity contribution in [3.8, 4) is 0 Å². The first kappa shape index (κ1) is 9.27. The SMILES string of the molecule is O=COCc1coc2c(Br)cccc12. The van der Waals surface area contributed by atoms with Crippen molar-refractivity contribution in [2.75, 3.05) is 0 Å². The Labute approximate surface area is 88.8 Å². The maximum absolute atomic E-state index is 10.0. The van der Waals surface area contributed by atoms with E-state index in [1.807, 2.05) is 18.2 Å². The summed E-state index contributed by atoms with van der Waals surface area (Å²) in [5.74, 6) is 0. The van der Waals surface area contributed by atoms with Crippen LogP contribution in [-0.2, 0) is 16.1 Å². The van der Waals surface area contributed by atoms with Crippen molar-refractivity contribution in [1.29, 1.82) is 0 Å². The van der Waals surface area contributed by atoms with Gasteiger partial charge in [0.1, 0.15) is 12.2 Å². The minimum Gasteiger partial charge on any atom is -0.463 e. The van der Waals surface area contributed by atoms with Crippen LogP contribution in [0.15, 0.2) is 33.4 Å². The highest BCUT2D eigenvalue weighted by atomic mass is 79.9. The second-order valence-electron chi connectivity index (χ2n) is 2.78. The Morgan fingerprint density at radius 1 is 1.50 bits per heavy atom. The number of hydrogen-bond acceptors (Lipinski definition) is 3. The van der Waals surface area contributed by atoms with E-state index < -0.39 is 0 Å². The van der Waals surface area contributed by atoms with Crippen LogP contribution in [0.1, 0.15) is 5.56 Å². The molecule has 2 rings (SSSR count). The van der Waals surface area contributed by atoms with E-state index in [-0.39, 0.29) is 6.61 Å². The van der Waals surface area contributed by atoms with Gasteiger partial charge in [-0.05, 0) is 22.0 Å². The fraction of sp³-hybridized carbons (Fsp3) is 0.100. The summed E-state index contributed by atoms with van der Waals surface area (Å²) in [7, 11) is 0. The molecule has 0 aliphatic carbocycles. The van der Waals surface area contributed by atoms with Gasteiger partial charge in [0.2, 0.25) is 0 Å². The van der Waals surface area contributed by atoms with Gasteiger partial charge in [0, 0.05) is 10.9 Å². The lowest BCUT2D eigenvalue weighted by atomic mass is 10.2. The lowest BCUT2D eigenvalue weighted by Crippen LogP contribution is -1.87. The summed E-state index contributed by atoms with van der Waals surface area (Å²) in [5, 5.41) is 0.959. The zero-order valence-corrected chi connectivity index (χ0v) is 8.78. The van der Waals surface area contributed by atoms with Crippen LogP contribution in [0, 0.1) is 0 Å². The van der Waals surface area contributed by atoms with Crippen LogP contribution in [0.5, 0.6) is 0 Å². The molecule has 4 heteroatoms. The van der Waals surface area contributed by atoms with Crippen LogP contribution in [0.25, 0.3) is 11.0 Å². The highest BCUT2D eigenvalue weighted by molar-refractivity contribution is 9.10. The molecule has 0 saturated carbocycles. The predicted octanol–water partition coefficient (Wildman–Crippen LogP) is 2.87. The molecular formula is C10H7BrO3. The molecule has 0 atom stereocenters. The largest absolute Gasteiger partial charge is 0.463 e. The van der Waals surface area contributed by atoms with Crippen LogP contribution >= 0.6 is 15.9 Å². The minimum atomic E-state index is 0.243. The fourth-order valence-corrected chi connectivity index (χ4v) is 1.77. The number of rotatable bonds is 3. The fourth-order valence-electron chi connectivity index (χ4n) is 1.31. The number of ether oxygens (including phenoxy) is 1. The smallest absolute Gasteiger partial charge is 0.293 e. The molecule has 1 heterocycles. The number of para-hydroxylation sites is 1. The van der Waals surface area contributed by atoms with Gasteiger partial charge in [0.15, 0.2) is 0 Å². The summed E-state index contributed by atoms with van der Waals surface area (Å²) in [6.45, 7) is 0.670. The van der Waals surface area contributed by atoms with Crippen LogP contribution in [0.3, 0.4) is 0 Å². The van der Waals surface area contributed by atoms with Crippen LogP contribution in [-0.4, -0.2) is 6.47 Å². The van der Waals surface area contributed by atoms with E-state index in [1.54, 1.807) is 6.26 Å². The van der Waals surface area contributed by atoms with Gasteiger partial charge in [-0.15, -0.1) is 0 Å². The Morgan fingerprint density at radius 3 is 3.14 bits per heavy atom. The number of carbonyl (C=O) groups is 1. The molecule has 2 aromatic rings. The minimum absolute atomic E-state index is 0.243. The van der Waals surface area contributed by atoms with E-state index in [0.29, 0.717) is 6.47 Å². The molecule has 3 nitrogen and oxygen atoms in total. The summed E-state index contributed by atoms with van der Waals surface area (Å²) in [6.07, 6.45) is 1.60. The summed E-state index contributed by atoms with van der Waals surface area (Å²) in [6, 6.07) is 5.73. The van der Waals surface area contributed by atoms with Gasteiger partial charge in [-0.2, -0.15) is 0 Å². The van der Waals surface area contributed by atoms with Crippen LogP contribution in [0.4, 0.5) is 0 Å². The van der Waals surface area contributed by atoms with Crippen molar-refractivity contribution in [2.45, 2.75) is 6.61 Å². The molecule has 0 saturated heterocycles. The summed E-state index contributed by atoms with van der Waals surface area (Å²) >= 11 is 3.37. The molecule has 0 radical (unpaired) electrons. The van der Waals surface area contributed by atoms with Gasteiger partial charge in [-0.25, -0.2) is 0 Å². The average molecular weight is 255 g/mol. The summed E-state index contributed by atoms with van der Waals surface area (Å²) in [5.41, 5.74) is 1.64. The van der Waals surface area contributed by atoms with Crippen molar-refractivity contribution >= 4 is 33.4 Å². The molecule has 0 aliphatic rings. The first-order valence-electron chi connectivity index (χ1n) is 4.03. The molecule has 0 aliphatic heterocycles. The third kappa shape index (κ3) is 1.53. The van der Waals surface area contributed by atoms with Gasteiger partial charge in [-0.1, -0.05) is 12.1 Å². The van der Waals surface area contributed by atoms with E-state index in [0.717, 1.165) is 21.0 Å². The second kappa shape index (κ2) is 3.84. The number of hydrogen-bond donors (Lipinski definition) is 0. The van der Waals surface area contributed by atoms with Crippen LogP contribution in [0.2, 0.25) is 0 Å². The van der Waals surface area contributed by atoms with E-state index in [9.17, 15) is 4.79 Å². The Morgan fingerprint density at radius 2 is 2.36 bits per heavy atom. The molecule has 0 fully saturated rings. The van der Waals surface area contributed by atoms with Crippen molar-refractivity contribution in [3.05, 3.63) is 34.5 Å². The summed E-state index contributed by atoms with van der Waals surface area (Å²) in [4.78, 5) is 10.0. The maximum Gasteiger partial charge on any atom is 0.293 e. The van der Waals surface area contributed by atoms with E-state index in [2.05, 4.69) is 20.7 Å². The third-order valence-electron chi connectivity index (χ3n) is 1.94. The zero-order chi connectivity index (χ0) is 9.97. The maximum atomic E-state index is 10.0. The average Bonchev–Trinajstić information content (AvgIpc) is 2.60. The third-order valence-corrected chi connectivity index (χ3v) is 2.56. The monoisotopic (exact) mass is 254 g/mol. The first-order chi connectivity index (χ1) is 6.83. The lowest BCUT2D eigenvalue weighted by molar-refractivity contribution is -0.129. The molecule has 0 amide bonds. The van der Waals surface area contributed by atoms with Gasteiger partial charge < -0.3 is 9.15 Å². The molecule has 0 spiro atoms. The first-order valence-corrected chi connectivity index (χ1v) is 4.82. The normalized spacial score (nSPS) is 10.4. The van der Waals surface area contributed by atoms with Crippen LogP contribution < -0.4 is 0 Å². The second-order valence-corrected chi connectivity index (χ2v) is 3.64. The van der Waals surface area contributed by atoms with E-state index in [4.69, 9.17) is 4.42 Å². The number of furan rings is 1. The molecule has 0 unspecified atom stereocenters. The molecule has 14 heavy (non-hydrogen) atoms. The van der Waals surface area contributed by atoms with Crippen molar-refractivity contribution in [2.24, 2.45) is 0 Å². The molecular weight excluding hydrogens is 248 g/mol. The van der Waals surface area contributed by atoms with E-state index >= 15 is 0 Å². The van der Waals surface area contributed by atoms with Gasteiger partial charge in [-0.3, -0.25) is 4.79 Å². The van der Waals surface area contributed by atoms with Gasteiger partial charge >= 0.3 is 0 Å². The Bertz CT molecular complexity index is 461. The molecule has 72 valence electrons. The zero-order valence-electron chi connectivity index (χ0n) is 7.20. The highest BCUT2D eigenvalue weighted by Crippen LogP contribution is 2.28. The molecule has 0 N–H and O–H groups in total. The van der Waals surface area contributed by atoms with E-state index in [1.165, 1.54) is 0 Å². The highest BCUT2D eigenvalue weighted by Gasteiger charge is 2.07. The molecule has 0 bridgehead atoms. The Hall–Kier alpha value is -1.29. The number of halogens is 1.